The number of Topliss-reactive ketones (excluding diaryl/α,β-unsaturated/α-hetero) is 1. The fourth-order valence-electron chi connectivity index (χ4n) is 2.47. The molecule has 0 amide bonds. The van der Waals surface area contributed by atoms with Gasteiger partial charge in [-0.05, 0) is 24.3 Å². The fourth-order valence-corrected chi connectivity index (χ4v) is 2.47. The van der Waals surface area contributed by atoms with E-state index < -0.39 is 0 Å². The Morgan fingerprint density at radius 1 is 1.23 bits per heavy atom. The molecule has 4 aromatic rings. The second-order valence-electron chi connectivity index (χ2n) is 4.96. The summed E-state index contributed by atoms with van der Waals surface area (Å²) in [6.45, 7) is -0.0840. The first-order valence-corrected chi connectivity index (χ1v) is 6.77. The van der Waals surface area contributed by atoms with Gasteiger partial charge in [-0.1, -0.05) is 12.1 Å². The number of carbonyl (C=O) groups excluding carboxylic acids is 1. The van der Waals surface area contributed by atoms with Crippen LogP contribution in [0.15, 0.2) is 58.1 Å². The van der Waals surface area contributed by atoms with E-state index in [0.717, 1.165) is 5.39 Å². The summed E-state index contributed by atoms with van der Waals surface area (Å²) >= 11 is 0. The molecular formula is C16H11N3O3. The van der Waals surface area contributed by atoms with Crippen molar-refractivity contribution >= 4 is 27.9 Å². The van der Waals surface area contributed by atoms with E-state index >= 15 is 0 Å². The summed E-state index contributed by atoms with van der Waals surface area (Å²) in [5, 5.41) is 0.789. The molecule has 22 heavy (non-hydrogen) atoms. The molecule has 0 bridgehead atoms. The van der Waals surface area contributed by atoms with Crippen LogP contribution in [-0.4, -0.2) is 20.3 Å². The molecule has 3 heterocycles. The van der Waals surface area contributed by atoms with Crippen molar-refractivity contribution in [2.75, 3.05) is 0 Å². The number of nitrogens with zero attached hydrogens (tertiary/aromatic N) is 2. The zero-order valence-corrected chi connectivity index (χ0v) is 11.4. The average Bonchev–Trinajstić information content (AvgIpc) is 3.17. The van der Waals surface area contributed by atoms with Crippen LogP contribution in [0.3, 0.4) is 0 Å². The number of rotatable bonds is 3. The molecule has 0 spiro atoms. The lowest BCUT2D eigenvalue weighted by atomic mass is 10.2. The largest absolute Gasteiger partial charge is 0.448 e. The van der Waals surface area contributed by atoms with Gasteiger partial charge in [0.25, 0.3) is 5.56 Å². The molecule has 108 valence electrons. The quantitative estimate of drug-likeness (QED) is 0.588. The molecule has 4 rings (SSSR count). The highest BCUT2D eigenvalue weighted by Gasteiger charge is 2.15. The number of aromatic amines is 1. The lowest BCUT2D eigenvalue weighted by molar-refractivity contribution is 0.0966. The molecule has 6 nitrogen and oxygen atoms in total. The number of aromatic nitrogens is 3. The number of H-pyrrole nitrogens is 1. The Morgan fingerprint density at radius 3 is 2.91 bits per heavy atom. The second-order valence-corrected chi connectivity index (χ2v) is 4.96. The number of ketones is 1. The van der Waals surface area contributed by atoms with Crippen molar-refractivity contribution in [1.29, 1.82) is 0 Å². The van der Waals surface area contributed by atoms with E-state index in [0.29, 0.717) is 16.8 Å². The van der Waals surface area contributed by atoms with Crippen LogP contribution in [0.1, 0.15) is 10.5 Å². The van der Waals surface area contributed by atoms with Crippen LogP contribution in [0.5, 0.6) is 0 Å². The van der Waals surface area contributed by atoms with Gasteiger partial charge in [0.2, 0.25) is 5.58 Å². The number of hydrogen-bond acceptors (Lipinski definition) is 4. The van der Waals surface area contributed by atoms with Crippen LogP contribution in [0.2, 0.25) is 0 Å². The van der Waals surface area contributed by atoms with Crippen molar-refractivity contribution in [3.63, 3.8) is 0 Å². The van der Waals surface area contributed by atoms with Crippen molar-refractivity contribution in [2.24, 2.45) is 0 Å². The molecule has 1 N–H and O–H groups in total. The van der Waals surface area contributed by atoms with Gasteiger partial charge in [-0.2, -0.15) is 0 Å². The van der Waals surface area contributed by atoms with E-state index in [4.69, 9.17) is 4.42 Å². The Hall–Kier alpha value is -3.15. The predicted molar refractivity (Wildman–Crippen MR) is 80.9 cm³/mol. The first-order valence-electron chi connectivity index (χ1n) is 6.77. The van der Waals surface area contributed by atoms with E-state index in [1.807, 2.05) is 18.2 Å². The minimum absolute atomic E-state index is 0.0840. The third-order valence-corrected chi connectivity index (χ3v) is 3.56. The van der Waals surface area contributed by atoms with Crippen LogP contribution in [-0.2, 0) is 6.54 Å². The van der Waals surface area contributed by atoms with Gasteiger partial charge in [-0.3, -0.25) is 14.2 Å². The number of fused-ring (bicyclic) bond motifs is 3. The van der Waals surface area contributed by atoms with Gasteiger partial charge >= 0.3 is 0 Å². The van der Waals surface area contributed by atoms with E-state index in [9.17, 15) is 9.59 Å². The van der Waals surface area contributed by atoms with Crippen LogP contribution in [0, 0.1) is 0 Å². The molecular weight excluding hydrogens is 282 g/mol. The van der Waals surface area contributed by atoms with Gasteiger partial charge in [0.15, 0.2) is 5.78 Å². The van der Waals surface area contributed by atoms with Crippen LogP contribution in [0.25, 0.3) is 22.1 Å². The molecule has 0 aliphatic carbocycles. The maximum atomic E-state index is 12.5. The van der Waals surface area contributed by atoms with Crippen LogP contribution >= 0.6 is 0 Å². The third-order valence-electron chi connectivity index (χ3n) is 3.56. The van der Waals surface area contributed by atoms with Gasteiger partial charge < -0.3 is 9.40 Å². The van der Waals surface area contributed by atoms with E-state index in [2.05, 4.69) is 9.97 Å². The first kappa shape index (κ1) is 12.6. The van der Waals surface area contributed by atoms with Gasteiger partial charge in [-0.25, -0.2) is 4.98 Å². The number of furan rings is 1. The Labute approximate surface area is 124 Å². The molecule has 0 aliphatic rings. The van der Waals surface area contributed by atoms with Crippen molar-refractivity contribution in [3.05, 3.63) is 65.0 Å². The zero-order chi connectivity index (χ0) is 15.1. The average molecular weight is 293 g/mol. The van der Waals surface area contributed by atoms with Gasteiger partial charge in [0, 0.05) is 11.6 Å². The molecule has 0 saturated carbocycles. The molecule has 0 radical (unpaired) electrons. The number of benzene rings is 1. The van der Waals surface area contributed by atoms with Crippen molar-refractivity contribution in [1.82, 2.24) is 14.5 Å². The molecule has 0 atom stereocenters. The fraction of sp³-hybridized carbons (Fsp3) is 0.0625. The van der Waals surface area contributed by atoms with E-state index in [-0.39, 0.29) is 23.5 Å². The maximum absolute atomic E-state index is 12.5. The normalized spacial score (nSPS) is 11.3. The van der Waals surface area contributed by atoms with Crippen LogP contribution in [0.4, 0.5) is 0 Å². The highest BCUT2D eigenvalue weighted by Crippen LogP contribution is 2.23. The maximum Gasteiger partial charge on any atom is 0.297 e. The van der Waals surface area contributed by atoms with Gasteiger partial charge in [-0.15, -0.1) is 0 Å². The SMILES string of the molecule is O=C(Cn1cnc2c(oc3ccccc32)c1=O)c1ccc[nH]1. The number of para-hydroxylation sites is 1. The topological polar surface area (TPSA) is 80.9 Å². The van der Waals surface area contributed by atoms with Crippen molar-refractivity contribution in [2.45, 2.75) is 6.54 Å². The first-order chi connectivity index (χ1) is 10.7. The molecule has 0 saturated heterocycles. The summed E-state index contributed by atoms with van der Waals surface area (Å²) in [7, 11) is 0. The van der Waals surface area contributed by atoms with Crippen molar-refractivity contribution < 1.29 is 9.21 Å². The number of hydrogen-bond donors (Lipinski definition) is 1. The summed E-state index contributed by atoms with van der Waals surface area (Å²) in [6.07, 6.45) is 3.05. The summed E-state index contributed by atoms with van der Waals surface area (Å²) < 4.78 is 6.84. The molecule has 0 fully saturated rings. The Kier molecular flexibility index (Phi) is 2.69. The standard InChI is InChI=1S/C16H11N3O3/c20-12(11-5-3-7-17-11)8-19-9-18-14-10-4-1-2-6-13(10)22-15(14)16(19)21/h1-7,9,17H,8H2. The third kappa shape index (κ3) is 1.85. The lowest BCUT2D eigenvalue weighted by Crippen LogP contribution is -2.24. The minimum atomic E-state index is -0.360. The number of nitrogens with one attached hydrogen (secondary N) is 1. The minimum Gasteiger partial charge on any atom is -0.448 e. The second kappa shape index (κ2) is 4.70. The summed E-state index contributed by atoms with van der Waals surface area (Å²) in [6, 6.07) is 10.7. The van der Waals surface area contributed by atoms with Crippen molar-refractivity contribution in [3.8, 4) is 0 Å². The summed E-state index contributed by atoms with van der Waals surface area (Å²) in [4.78, 5) is 31.7. The van der Waals surface area contributed by atoms with Crippen LogP contribution < -0.4 is 5.56 Å². The van der Waals surface area contributed by atoms with E-state index in [1.165, 1.54) is 10.9 Å². The highest BCUT2D eigenvalue weighted by molar-refractivity contribution is 6.01. The molecule has 3 aromatic heterocycles. The summed E-state index contributed by atoms with van der Waals surface area (Å²) in [5.74, 6) is -0.190. The molecule has 0 aliphatic heterocycles. The lowest BCUT2D eigenvalue weighted by Gasteiger charge is -2.02. The Balaban J connectivity index is 1.83. The monoisotopic (exact) mass is 293 g/mol. The smallest absolute Gasteiger partial charge is 0.297 e. The van der Waals surface area contributed by atoms with E-state index in [1.54, 1.807) is 24.4 Å². The number of carbonyl (C=O) groups is 1. The molecule has 6 heteroatoms. The van der Waals surface area contributed by atoms with Gasteiger partial charge in [0.1, 0.15) is 11.1 Å². The predicted octanol–water partition coefficient (Wildman–Crippen LogP) is 2.35. The molecule has 0 unspecified atom stereocenters. The molecule has 1 aromatic carbocycles. The zero-order valence-electron chi connectivity index (χ0n) is 11.4. The summed E-state index contributed by atoms with van der Waals surface area (Å²) in [5.41, 5.74) is 1.39. The Bertz CT molecular complexity index is 1040. The highest BCUT2D eigenvalue weighted by atomic mass is 16.3. The Morgan fingerprint density at radius 2 is 2.09 bits per heavy atom. The van der Waals surface area contributed by atoms with Gasteiger partial charge in [0.05, 0.1) is 18.6 Å².